The van der Waals surface area contributed by atoms with Crippen LogP contribution in [0.1, 0.15) is 18.4 Å². The van der Waals surface area contributed by atoms with Gasteiger partial charge in [-0.1, -0.05) is 18.2 Å². The summed E-state index contributed by atoms with van der Waals surface area (Å²) < 4.78 is 10.7. The molecule has 0 saturated carbocycles. The van der Waals surface area contributed by atoms with Crippen LogP contribution in [0.4, 0.5) is 0 Å². The van der Waals surface area contributed by atoms with E-state index in [1.54, 1.807) is 7.11 Å². The number of aliphatic hydroxyl groups is 1. The molecule has 100 valence electrons. The summed E-state index contributed by atoms with van der Waals surface area (Å²) in [7, 11) is 1.65. The quantitative estimate of drug-likeness (QED) is 0.774. The van der Waals surface area contributed by atoms with Gasteiger partial charge in [0.15, 0.2) is 0 Å². The maximum Gasteiger partial charge on any atom is 0.125 e. The largest absolute Gasteiger partial charge is 0.491 e. The lowest BCUT2D eigenvalue weighted by Gasteiger charge is -2.34. The number of benzene rings is 1. The van der Waals surface area contributed by atoms with Crippen LogP contribution in [0.5, 0.6) is 5.75 Å². The van der Waals surface area contributed by atoms with E-state index in [-0.39, 0.29) is 0 Å². The van der Waals surface area contributed by atoms with Crippen molar-refractivity contribution in [2.45, 2.75) is 18.4 Å². The summed E-state index contributed by atoms with van der Waals surface area (Å²) in [5, 5.41) is 13.9. The predicted molar refractivity (Wildman–Crippen MR) is 69.8 cm³/mol. The summed E-state index contributed by atoms with van der Waals surface area (Å²) in [6.07, 6.45) is 1.74. The maximum absolute atomic E-state index is 10.7. The number of nitrogens with one attached hydrogen (secondary N) is 1. The molecule has 1 aliphatic heterocycles. The summed E-state index contributed by atoms with van der Waals surface area (Å²) in [5.41, 5.74) is 0.0513. The Morgan fingerprint density at radius 2 is 2.17 bits per heavy atom. The van der Waals surface area contributed by atoms with Gasteiger partial charge < -0.3 is 19.9 Å². The monoisotopic (exact) mass is 251 g/mol. The van der Waals surface area contributed by atoms with Crippen molar-refractivity contribution < 1.29 is 14.6 Å². The van der Waals surface area contributed by atoms with Gasteiger partial charge in [0.1, 0.15) is 18.0 Å². The van der Waals surface area contributed by atoms with Crippen LogP contribution in [-0.4, -0.2) is 38.5 Å². The first kappa shape index (κ1) is 13.3. The van der Waals surface area contributed by atoms with Crippen LogP contribution in [0.25, 0.3) is 0 Å². The van der Waals surface area contributed by atoms with Crippen LogP contribution in [0.15, 0.2) is 24.3 Å². The summed E-state index contributed by atoms with van der Waals surface area (Å²) in [4.78, 5) is 0. The van der Waals surface area contributed by atoms with Crippen LogP contribution < -0.4 is 10.1 Å². The molecule has 1 fully saturated rings. The van der Waals surface area contributed by atoms with E-state index in [2.05, 4.69) is 5.32 Å². The third-order valence-corrected chi connectivity index (χ3v) is 3.29. The number of hydrogen-bond acceptors (Lipinski definition) is 4. The minimum absolute atomic E-state index is 0.497. The van der Waals surface area contributed by atoms with E-state index in [4.69, 9.17) is 9.47 Å². The van der Waals surface area contributed by atoms with Crippen LogP contribution in [-0.2, 0) is 10.3 Å². The molecule has 0 amide bonds. The number of piperidine rings is 1. The Labute approximate surface area is 108 Å². The Morgan fingerprint density at radius 1 is 1.33 bits per heavy atom. The fourth-order valence-electron chi connectivity index (χ4n) is 2.33. The Hall–Kier alpha value is -1.10. The molecule has 2 N–H and O–H groups in total. The number of ether oxygens (including phenoxy) is 2. The second-order valence-corrected chi connectivity index (χ2v) is 4.65. The van der Waals surface area contributed by atoms with E-state index in [0.29, 0.717) is 19.8 Å². The summed E-state index contributed by atoms with van der Waals surface area (Å²) in [6, 6.07) is 7.70. The molecule has 0 spiro atoms. The molecule has 0 aliphatic carbocycles. The maximum atomic E-state index is 10.7. The van der Waals surface area contributed by atoms with Crippen molar-refractivity contribution in [3.63, 3.8) is 0 Å². The molecule has 4 heteroatoms. The lowest BCUT2D eigenvalue weighted by molar-refractivity contribution is 0.00919. The second kappa shape index (κ2) is 6.18. The van der Waals surface area contributed by atoms with Crippen molar-refractivity contribution in [3.8, 4) is 5.75 Å². The van der Waals surface area contributed by atoms with Crippen LogP contribution in [0.2, 0.25) is 0 Å². The molecule has 1 unspecified atom stereocenters. The molecular formula is C14H21NO3. The van der Waals surface area contributed by atoms with E-state index in [1.165, 1.54) is 0 Å². The van der Waals surface area contributed by atoms with Crippen molar-refractivity contribution in [1.29, 1.82) is 0 Å². The Morgan fingerprint density at radius 3 is 2.89 bits per heavy atom. The van der Waals surface area contributed by atoms with Crippen LogP contribution in [0, 0.1) is 0 Å². The average Bonchev–Trinajstić information content (AvgIpc) is 2.40. The van der Waals surface area contributed by atoms with Crippen molar-refractivity contribution in [2.75, 3.05) is 33.4 Å². The Bertz CT molecular complexity index is 375. The molecule has 18 heavy (non-hydrogen) atoms. The van der Waals surface area contributed by atoms with Crippen LogP contribution >= 0.6 is 0 Å². The molecule has 4 nitrogen and oxygen atoms in total. The lowest BCUT2D eigenvalue weighted by Crippen LogP contribution is -2.43. The van der Waals surface area contributed by atoms with Gasteiger partial charge in [-0.3, -0.25) is 0 Å². The fourth-order valence-corrected chi connectivity index (χ4v) is 2.33. The molecule has 1 saturated heterocycles. The van der Waals surface area contributed by atoms with E-state index in [1.807, 2.05) is 24.3 Å². The topological polar surface area (TPSA) is 50.7 Å². The summed E-state index contributed by atoms with van der Waals surface area (Å²) in [6.45, 7) is 2.59. The van der Waals surface area contributed by atoms with Gasteiger partial charge in [-0.05, 0) is 25.5 Å². The minimum atomic E-state index is -0.818. The zero-order chi connectivity index (χ0) is 12.8. The molecule has 1 aliphatic rings. The SMILES string of the molecule is COCCOc1ccccc1C1(O)CCCNC1. The highest BCUT2D eigenvalue weighted by Crippen LogP contribution is 2.34. The van der Waals surface area contributed by atoms with E-state index in [9.17, 15) is 5.11 Å². The molecule has 0 bridgehead atoms. The average molecular weight is 251 g/mol. The van der Waals surface area contributed by atoms with Gasteiger partial charge >= 0.3 is 0 Å². The second-order valence-electron chi connectivity index (χ2n) is 4.65. The molecule has 1 heterocycles. The molecule has 0 aromatic heterocycles. The third-order valence-electron chi connectivity index (χ3n) is 3.29. The number of hydrogen-bond donors (Lipinski definition) is 2. The highest BCUT2D eigenvalue weighted by Gasteiger charge is 2.33. The van der Waals surface area contributed by atoms with Crippen molar-refractivity contribution in [2.24, 2.45) is 0 Å². The fraction of sp³-hybridized carbons (Fsp3) is 0.571. The lowest BCUT2D eigenvalue weighted by atomic mass is 9.86. The van der Waals surface area contributed by atoms with Crippen molar-refractivity contribution >= 4 is 0 Å². The number of methoxy groups -OCH3 is 1. The number of rotatable bonds is 5. The first-order chi connectivity index (χ1) is 8.76. The predicted octanol–water partition coefficient (Wildman–Crippen LogP) is 1.28. The number of para-hydroxylation sites is 1. The zero-order valence-corrected chi connectivity index (χ0v) is 10.8. The molecular weight excluding hydrogens is 230 g/mol. The Balaban J connectivity index is 2.15. The molecule has 1 atom stereocenters. The highest BCUT2D eigenvalue weighted by molar-refractivity contribution is 5.38. The standard InChI is InChI=1S/C14H21NO3/c1-17-9-10-18-13-6-3-2-5-12(13)14(16)7-4-8-15-11-14/h2-3,5-6,15-16H,4,7-11H2,1H3. The molecule has 0 radical (unpaired) electrons. The van der Waals surface area contributed by atoms with Crippen molar-refractivity contribution in [3.05, 3.63) is 29.8 Å². The Kier molecular flexibility index (Phi) is 4.58. The summed E-state index contributed by atoms with van der Waals surface area (Å²) in [5.74, 6) is 0.751. The van der Waals surface area contributed by atoms with Gasteiger partial charge in [0.25, 0.3) is 0 Å². The minimum Gasteiger partial charge on any atom is -0.491 e. The van der Waals surface area contributed by atoms with Gasteiger partial charge in [-0.2, -0.15) is 0 Å². The molecule has 2 rings (SSSR count). The van der Waals surface area contributed by atoms with Crippen LogP contribution in [0.3, 0.4) is 0 Å². The summed E-state index contributed by atoms with van der Waals surface area (Å²) >= 11 is 0. The van der Waals surface area contributed by atoms with Crippen molar-refractivity contribution in [1.82, 2.24) is 5.32 Å². The first-order valence-electron chi connectivity index (χ1n) is 6.40. The van der Waals surface area contributed by atoms with Gasteiger partial charge in [0.05, 0.1) is 6.61 Å². The molecule has 1 aromatic carbocycles. The van der Waals surface area contributed by atoms with E-state index < -0.39 is 5.60 Å². The van der Waals surface area contributed by atoms with Gasteiger partial charge in [-0.25, -0.2) is 0 Å². The van der Waals surface area contributed by atoms with Gasteiger partial charge in [0.2, 0.25) is 0 Å². The first-order valence-corrected chi connectivity index (χ1v) is 6.40. The van der Waals surface area contributed by atoms with Gasteiger partial charge in [-0.15, -0.1) is 0 Å². The van der Waals surface area contributed by atoms with E-state index in [0.717, 1.165) is 30.7 Å². The smallest absolute Gasteiger partial charge is 0.125 e. The third kappa shape index (κ3) is 3.02. The normalized spacial score (nSPS) is 23.9. The molecule has 1 aromatic rings. The number of β-amino-alcohol motifs (C(OH)–C–C–N with tert-alkyl or cyclic N) is 1. The zero-order valence-electron chi connectivity index (χ0n) is 10.8. The van der Waals surface area contributed by atoms with Gasteiger partial charge in [0, 0.05) is 19.2 Å². The van der Waals surface area contributed by atoms with E-state index >= 15 is 0 Å². The highest BCUT2D eigenvalue weighted by atomic mass is 16.5.